The number of hydrogen-bond acceptors (Lipinski definition) is 4. The van der Waals surface area contributed by atoms with Crippen molar-refractivity contribution in [2.24, 2.45) is 5.92 Å². The summed E-state index contributed by atoms with van der Waals surface area (Å²) in [6.07, 6.45) is 7.30. The number of likely N-dealkylation sites (tertiary alicyclic amines) is 1. The third-order valence-corrected chi connectivity index (χ3v) is 5.12. The fraction of sp³-hybridized carbons (Fsp3) is 0.941. The molecule has 128 valence electrons. The first kappa shape index (κ1) is 17.7. The van der Waals surface area contributed by atoms with Crippen molar-refractivity contribution in [2.75, 3.05) is 46.8 Å². The predicted octanol–water partition coefficient (Wildman–Crippen LogP) is 1.07. The van der Waals surface area contributed by atoms with Crippen molar-refractivity contribution in [1.82, 2.24) is 15.1 Å². The van der Waals surface area contributed by atoms with Gasteiger partial charge in [-0.3, -0.25) is 4.79 Å². The Labute approximate surface area is 135 Å². The van der Waals surface area contributed by atoms with Gasteiger partial charge in [-0.25, -0.2) is 0 Å². The van der Waals surface area contributed by atoms with Gasteiger partial charge in [0.15, 0.2) is 0 Å². The molecular weight excluding hydrogens is 278 g/mol. The fourth-order valence-corrected chi connectivity index (χ4v) is 3.68. The van der Waals surface area contributed by atoms with Gasteiger partial charge < -0.3 is 20.2 Å². The van der Waals surface area contributed by atoms with Crippen LogP contribution in [0.5, 0.6) is 0 Å². The van der Waals surface area contributed by atoms with E-state index in [0.29, 0.717) is 0 Å². The van der Waals surface area contributed by atoms with Crippen molar-refractivity contribution in [1.29, 1.82) is 0 Å². The summed E-state index contributed by atoms with van der Waals surface area (Å²) in [4.78, 5) is 16.6. The third-order valence-electron chi connectivity index (χ3n) is 5.12. The second-order valence-corrected chi connectivity index (χ2v) is 7.43. The van der Waals surface area contributed by atoms with Gasteiger partial charge in [-0.1, -0.05) is 19.3 Å². The minimum absolute atomic E-state index is 0.152. The van der Waals surface area contributed by atoms with Crippen LogP contribution in [0.15, 0.2) is 0 Å². The van der Waals surface area contributed by atoms with Crippen LogP contribution in [-0.4, -0.2) is 73.2 Å². The van der Waals surface area contributed by atoms with E-state index < -0.39 is 5.60 Å². The van der Waals surface area contributed by atoms with E-state index in [1.165, 1.54) is 6.42 Å². The zero-order valence-corrected chi connectivity index (χ0v) is 14.3. The Kier molecular flexibility index (Phi) is 6.66. The van der Waals surface area contributed by atoms with Gasteiger partial charge in [0.2, 0.25) is 5.91 Å². The Balaban J connectivity index is 1.67. The van der Waals surface area contributed by atoms with Gasteiger partial charge >= 0.3 is 0 Å². The van der Waals surface area contributed by atoms with E-state index in [1.54, 1.807) is 0 Å². The summed E-state index contributed by atoms with van der Waals surface area (Å²) in [7, 11) is 4.03. The highest BCUT2D eigenvalue weighted by molar-refractivity contribution is 5.78. The lowest BCUT2D eigenvalue weighted by Gasteiger charge is -2.39. The van der Waals surface area contributed by atoms with Crippen molar-refractivity contribution in [3.63, 3.8) is 0 Å². The lowest BCUT2D eigenvalue weighted by atomic mass is 9.84. The lowest BCUT2D eigenvalue weighted by Crippen LogP contribution is -2.48. The second-order valence-electron chi connectivity index (χ2n) is 7.43. The lowest BCUT2D eigenvalue weighted by molar-refractivity contribution is -0.126. The molecule has 0 spiro atoms. The summed E-state index contributed by atoms with van der Waals surface area (Å²) in [6, 6.07) is 0. The fourth-order valence-electron chi connectivity index (χ4n) is 3.68. The van der Waals surface area contributed by atoms with Crippen molar-refractivity contribution in [3.05, 3.63) is 0 Å². The molecule has 0 aromatic rings. The highest BCUT2D eigenvalue weighted by atomic mass is 16.3. The first-order valence-corrected chi connectivity index (χ1v) is 8.86. The molecule has 5 nitrogen and oxygen atoms in total. The molecule has 1 saturated heterocycles. The number of rotatable bonds is 6. The van der Waals surface area contributed by atoms with Gasteiger partial charge in [-0.2, -0.15) is 0 Å². The maximum absolute atomic E-state index is 12.1. The summed E-state index contributed by atoms with van der Waals surface area (Å²) in [5, 5.41) is 13.7. The number of nitrogens with zero attached hydrogens (tertiary/aromatic N) is 2. The van der Waals surface area contributed by atoms with Crippen LogP contribution < -0.4 is 5.32 Å². The topological polar surface area (TPSA) is 55.8 Å². The van der Waals surface area contributed by atoms with E-state index in [4.69, 9.17) is 0 Å². The largest absolute Gasteiger partial charge is 0.389 e. The second kappa shape index (κ2) is 8.27. The Morgan fingerprint density at radius 3 is 2.45 bits per heavy atom. The summed E-state index contributed by atoms with van der Waals surface area (Å²) < 4.78 is 0. The van der Waals surface area contributed by atoms with Crippen molar-refractivity contribution < 1.29 is 9.90 Å². The summed E-state index contributed by atoms with van der Waals surface area (Å²) in [5.74, 6) is 0.359. The van der Waals surface area contributed by atoms with Gasteiger partial charge in [0.1, 0.15) is 0 Å². The number of piperidine rings is 1. The zero-order chi connectivity index (χ0) is 16.0. The van der Waals surface area contributed by atoms with Crippen LogP contribution in [0, 0.1) is 5.92 Å². The zero-order valence-electron chi connectivity index (χ0n) is 14.3. The predicted molar refractivity (Wildman–Crippen MR) is 88.8 cm³/mol. The monoisotopic (exact) mass is 311 g/mol. The van der Waals surface area contributed by atoms with Crippen LogP contribution in [-0.2, 0) is 4.79 Å². The molecule has 2 fully saturated rings. The number of β-amino-alcohol motifs (C(OH)–C–C–N with tert-alkyl or cyclic N) is 1. The number of amides is 1. The molecule has 1 aliphatic carbocycles. The molecule has 2 rings (SSSR count). The molecule has 2 N–H and O–H groups in total. The smallest absolute Gasteiger partial charge is 0.223 e. The Hall–Kier alpha value is -0.650. The van der Waals surface area contributed by atoms with Crippen LogP contribution in [0.25, 0.3) is 0 Å². The van der Waals surface area contributed by atoms with Crippen LogP contribution in [0.3, 0.4) is 0 Å². The van der Waals surface area contributed by atoms with E-state index in [2.05, 4.69) is 15.1 Å². The molecule has 5 heteroatoms. The molecule has 0 radical (unpaired) electrons. The molecule has 2 aliphatic rings. The molecule has 0 bridgehead atoms. The van der Waals surface area contributed by atoms with Crippen LogP contribution in [0.1, 0.15) is 44.9 Å². The number of carbonyl (C=O) groups excluding carboxylic acids is 1. The molecule has 1 heterocycles. The Morgan fingerprint density at radius 1 is 1.23 bits per heavy atom. The van der Waals surface area contributed by atoms with Gasteiger partial charge in [-0.05, 0) is 52.9 Å². The molecule has 1 saturated carbocycles. The SMILES string of the molecule is CN(C)CCNC(=O)C1CCN(CC2(O)CCCCC2)CC1. The quantitative estimate of drug-likeness (QED) is 0.770. The molecule has 0 aromatic heterocycles. The standard InChI is InChI=1S/C17H33N3O2/c1-19(2)13-10-18-16(21)15-6-11-20(12-7-15)14-17(22)8-4-3-5-9-17/h15,22H,3-14H2,1-2H3,(H,18,21). The summed E-state index contributed by atoms with van der Waals surface area (Å²) in [6.45, 7) is 4.29. The van der Waals surface area contributed by atoms with Crippen molar-refractivity contribution in [3.8, 4) is 0 Å². The maximum atomic E-state index is 12.1. The molecule has 1 aliphatic heterocycles. The van der Waals surface area contributed by atoms with Gasteiger partial charge in [-0.15, -0.1) is 0 Å². The van der Waals surface area contributed by atoms with Gasteiger partial charge in [0.25, 0.3) is 0 Å². The first-order valence-electron chi connectivity index (χ1n) is 8.86. The minimum Gasteiger partial charge on any atom is -0.389 e. The molecule has 0 atom stereocenters. The van der Waals surface area contributed by atoms with Gasteiger partial charge in [0, 0.05) is 25.6 Å². The molecule has 22 heavy (non-hydrogen) atoms. The third kappa shape index (κ3) is 5.52. The molecule has 0 unspecified atom stereocenters. The van der Waals surface area contributed by atoms with E-state index in [-0.39, 0.29) is 11.8 Å². The van der Waals surface area contributed by atoms with Crippen molar-refractivity contribution in [2.45, 2.75) is 50.5 Å². The number of hydrogen-bond donors (Lipinski definition) is 2. The van der Waals surface area contributed by atoms with E-state index in [1.807, 2.05) is 14.1 Å². The summed E-state index contributed by atoms with van der Waals surface area (Å²) >= 11 is 0. The number of aliphatic hydroxyl groups is 1. The van der Waals surface area contributed by atoms with E-state index in [9.17, 15) is 9.90 Å². The summed E-state index contributed by atoms with van der Waals surface area (Å²) in [5.41, 5.74) is -0.473. The van der Waals surface area contributed by atoms with E-state index >= 15 is 0 Å². The highest BCUT2D eigenvalue weighted by Crippen LogP contribution is 2.30. The number of carbonyl (C=O) groups is 1. The first-order chi connectivity index (χ1) is 10.5. The average Bonchev–Trinajstić information content (AvgIpc) is 2.48. The molecule has 1 amide bonds. The van der Waals surface area contributed by atoms with Crippen LogP contribution in [0.4, 0.5) is 0 Å². The maximum Gasteiger partial charge on any atom is 0.223 e. The molecule has 0 aromatic carbocycles. The molecular formula is C17H33N3O2. The van der Waals surface area contributed by atoms with Crippen LogP contribution in [0.2, 0.25) is 0 Å². The minimum atomic E-state index is -0.473. The average molecular weight is 311 g/mol. The highest BCUT2D eigenvalue weighted by Gasteiger charge is 2.33. The van der Waals surface area contributed by atoms with Gasteiger partial charge in [0.05, 0.1) is 5.60 Å². The Morgan fingerprint density at radius 2 is 1.86 bits per heavy atom. The number of likely N-dealkylation sites (N-methyl/N-ethyl adjacent to an activating group) is 1. The number of nitrogens with one attached hydrogen (secondary N) is 1. The van der Waals surface area contributed by atoms with E-state index in [0.717, 1.165) is 71.2 Å². The Bertz CT molecular complexity index is 346. The van der Waals surface area contributed by atoms with Crippen molar-refractivity contribution >= 4 is 5.91 Å². The van der Waals surface area contributed by atoms with Crippen LogP contribution >= 0.6 is 0 Å². The normalized spacial score (nSPS) is 23.6.